The predicted molar refractivity (Wildman–Crippen MR) is 63.0 cm³/mol. The SMILES string of the molecule is Cc1cc(F)ccc1S(=O)(=O)N(CCO)CC(F)F. The molecule has 0 saturated carbocycles. The molecule has 0 unspecified atom stereocenters. The zero-order chi connectivity index (χ0) is 14.6. The van der Waals surface area contributed by atoms with Crippen LogP contribution in [0.4, 0.5) is 13.2 Å². The minimum Gasteiger partial charge on any atom is -0.395 e. The van der Waals surface area contributed by atoms with E-state index in [9.17, 15) is 21.6 Å². The van der Waals surface area contributed by atoms with Crippen molar-refractivity contribution in [2.75, 3.05) is 19.7 Å². The van der Waals surface area contributed by atoms with E-state index in [1.165, 1.54) is 6.92 Å². The number of hydrogen-bond acceptors (Lipinski definition) is 3. The lowest BCUT2D eigenvalue weighted by molar-refractivity contribution is 0.113. The van der Waals surface area contributed by atoms with Gasteiger partial charge in [0.1, 0.15) is 5.82 Å². The molecular weight excluding hydrogens is 283 g/mol. The van der Waals surface area contributed by atoms with Crippen LogP contribution >= 0.6 is 0 Å². The van der Waals surface area contributed by atoms with Crippen LogP contribution < -0.4 is 0 Å². The fraction of sp³-hybridized carbons (Fsp3) is 0.455. The molecule has 4 nitrogen and oxygen atoms in total. The number of hydrogen-bond donors (Lipinski definition) is 1. The molecule has 0 radical (unpaired) electrons. The summed E-state index contributed by atoms with van der Waals surface area (Å²) in [5.74, 6) is -0.612. The monoisotopic (exact) mass is 297 g/mol. The van der Waals surface area contributed by atoms with Crippen molar-refractivity contribution >= 4 is 10.0 Å². The van der Waals surface area contributed by atoms with Crippen molar-refractivity contribution < 1.29 is 26.7 Å². The highest BCUT2D eigenvalue weighted by atomic mass is 32.2. The molecule has 0 spiro atoms. The van der Waals surface area contributed by atoms with E-state index < -0.39 is 42.0 Å². The molecule has 0 amide bonds. The minimum atomic E-state index is -4.18. The minimum absolute atomic E-state index is 0.122. The lowest BCUT2D eigenvalue weighted by Crippen LogP contribution is -2.37. The summed E-state index contributed by atoms with van der Waals surface area (Å²) in [7, 11) is -4.18. The van der Waals surface area contributed by atoms with E-state index in [4.69, 9.17) is 5.11 Å². The number of rotatable bonds is 6. The van der Waals surface area contributed by atoms with E-state index in [1.54, 1.807) is 0 Å². The third-order valence-corrected chi connectivity index (χ3v) is 4.47. The van der Waals surface area contributed by atoms with E-state index in [1.807, 2.05) is 0 Å². The topological polar surface area (TPSA) is 57.6 Å². The number of aliphatic hydroxyl groups is 1. The van der Waals surface area contributed by atoms with Gasteiger partial charge >= 0.3 is 0 Å². The predicted octanol–water partition coefficient (Wildman–Crippen LogP) is 1.38. The molecule has 0 aliphatic heterocycles. The Labute approximate surface area is 109 Å². The normalized spacial score (nSPS) is 12.4. The molecule has 1 N–H and O–H groups in total. The molecule has 19 heavy (non-hydrogen) atoms. The molecule has 0 heterocycles. The van der Waals surface area contributed by atoms with Gasteiger partial charge in [0.05, 0.1) is 18.0 Å². The maximum atomic E-state index is 12.9. The number of alkyl halides is 2. The Morgan fingerprint density at radius 1 is 1.37 bits per heavy atom. The van der Waals surface area contributed by atoms with Crippen molar-refractivity contribution in [1.29, 1.82) is 0 Å². The number of sulfonamides is 1. The van der Waals surface area contributed by atoms with E-state index in [0.717, 1.165) is 18.2 Å². The summed E-state index contributed by atoms with van der Waals surface area (Å²) in [6, 6.07) is 2.97. The number of halogens is 3. The number of nitrogens with zero attached hydrogens (tertiary/aromatic N) is 1. The Morgan fingerprint density at radius 2 is 2.00 bits per heavy atom. The first-order chi connectivity index (χ1) is 8.78. The van der Waals surface area contributed by atoms with Gasteiger partial charge in [-0.15, -0.1) is 0 Å². The smallest absolute Gasteiger partial charge is 0.252 e. The molecule has 0 aliphatic carbocycles. The van der Waals surface area contributed by atoms with Gasteiger partial charge < -0.3 is 5.11 Å². The van der Waals surface area contributed by atoms with Gasteiger partial charge in [-0.1, -0.05) is 0 Å². The van der Waals surface area contributed by atoms with Gasteiger partial charge in [0.2, 0.25) is 10.0 Å². The summed E-state index contributed by atoms with van der Waals surface area (Å²) >= 11 is 0. The average molecular weight is 297 g/mol. The summed E-state index contributed by atoms with van der Waals surface area (Å²) in [4.78, 5) is -0.247. The summed E-state index contributed by atoms with van der Waals surface area (Å²) in [5.41, 5.74) is 0.122. The molecule has 0 fully saturated rings. The zero-order valence-corrected chi connectivity index (χ0v) is 11.0. The van der Waals surface area contributed by atoms with E-state index in [0.29, 0.717) is 4.31 Å². The third kappa shape index (κ3) is 3.92. The van der Waals surface area contributed by atoms with Crippen LogP contribution in [0.15, 0.2) is 23.1 Å². The first-order valence-corrected chi connectivity index (χ1v) is 6.88. The van der Waals surface area contributed by atoms with Gasteiger partial charge in [-0.25, -0.2) is 21.6 Å². The van der Waals surface area contributed by atoms with Crippen LogP contribution in [0.1, 0.15) is 5.56 Å². The van der Waals surface area contributed by atoms with E-state index >= 15 is 0 Å². The Kier molecular flexibility index (Phi) is 5.33. The second kappa shape index (κ2) is 6.36. The van der Waals surface area contributed by atoms with Crippen LogP contribution in [0.2, 0.25) is 0 Å². The van der Waals surface area contributed by atoms with Gasteiger partial charge in [0.25, 0.3) is 6.43 Å². The molecule has 0 aliphatic rings. The summed E-state index contributed by atoms with van der Waals surface area (Å²) in [5, 5.41) is 8.76. The largest absolute Gasteiger partial charge is 0.395 e. The molecule has 1 aromatic carbocycles. The Bertz CT molecular complexity index is 534. The third-order valence-electron chi connectivity index (χ3n) is 2.45. The molecule has 0 bridgehead atoms. The average Bonchev–Trinajstić information content (AvgIpc) is 2.27. The van der Waals surface area contributed by atoms with Crippen molar-refractivity contribution in [2.45, 2.75) is 18.2 Å². The maximum Gasteiger partial charge on any atom is 0.252 e. The van der Waals surface area contributed by atoms with Gasteiger partial charge in [0.15, 0.2) is 0 Å². The standard InChI is InChI=1S/C11H14F3NO3S/c1-8-6-9(12)2-3-10(8)19(17,18)15(4-5-16)7-11(13)14/h2-3,6,11,16H,4-5,7H2,1H3. The number of benzene rings is 1. The first kappa shape index (κ1) is 15.9. The van der Waals surface area contributed by atoms with Crippen molar-refractivity contribution in [2.24, 2.45) is 0 Å². The van der Waals surface area contributed by atoms with Crippen LogP contribution in [0.5, 0.6) is 0 Å². The van der Waals surface area contributed by atoms with Crippen LogP contribution in [0, 0.1) is 12.7 Å². The maximum absolute atomic E-state index is 12.9. The number of aryl methyl sites for hydroxylation is 1. The van der Waals surface area contributed by atoms with Crippen LogP contribution in [0.25, 0.3) is 0 Å². The summed E-state index contributed by atoms with van der Waals surface area (Å²) in [6.07, 6.45) is -2.86. The second-order valence-electron chi connectivity index (χ2n) is 3.89. The van der Waals surface area contributed by atoms with Crippen LogP contribution in [-0.4, -0.2) is 44.0 Å². The van der Waals surface area contributed by atoms with Crippen molar-refractivity contribution in [3.63, 3.8) is 0 Å². The summed E-state index contributed by atoms with van der Waals surface area (Å²) < 4.78 is 62.5. The van der Waals surface area contributed by atoms with Gasteiger partial charge in [-0.3, -0.25) is 0 Å². The Morgan fingerprint density at radius 3 is 2.47 bits per heavy atom. The first-order valence-electron chi connectivity index (χ1n) is 5.44. The highest BCUT2D eigenvalue weighted by Gasteiger charge is 2.28. The highest BCUT2D eigenvalue weighted by Crippen LogP contribution is 2.21. The molecule has 8 heteroatoms. The van der Waals surface area contributed by atoms with Crippen molar-refractivity contribution in [3.8, 4) is 0 Å². The lowest BCUT2D eigenvalue weighted by Gasteiger charge is -2.21. The molecule has 1 rings (SSSR count). The molecule has 1 aromatic rings. The zero-order valence-electron chi connectivity index (χ0n) is 10.2. The summed E-state index contributed by atoms with van der Waals surface area (Å²) in [6.45, 7) is -0.662. The van der Waals surface area contributed by atoms with Crippen molar-refractivity contribution in [3.05, 3.63) is 29.6 Å². The van der Waals surface area contributed by atoms with Crippen LogP contribution in [0.3, 0.4) is 0 Å². The van der Waals surface area contributed by atoms with Crippen LogP contribution in [-0.2, 0) is 10.0 Å². The van der Waals surface area contributed by atoms with Crippen molar-refractivity contribution in [1.82, 2.24) is 4.31 Å². The van der Waals surface area contributed by atoms with Gasteiger partial charge in [0, 0.05) is 6.54 Å². The quantitative estimate of drug-likeness (QED) is 0.863. The van der Waals surface area contributed by atoms with E-state index in [-0.39, 0.29) is 10.5 Å². The van der Waals surface area contributed by atoms with E-state index in [2.05, 4.69) is 0 Å². The molecule has 0 saturated heterocycles. The van der Waals surface area contributed by atoms with Gasteiger partial charge in [-0.2, -0.15) is 4.31 Å². The highest BCUT2D eigenvalue weighted by molar-refractivity contribution is 7.89. The lowest BCUT2D eigenvalue weighted by atomic mass is 10.2. The molecule has 0 aromatic heterocycles. The fourth-order valence-corrected chi connectivity index (χ4v) is 3.23. The molecule has 0 atom stereocenters. The fourth-order valence-electron chi connectivity index (χ4n) is 1.62. The molecular formula is C11H14F3NO3S. The van der Waals surface area contributed by atoms with Gasteiger partial charge in [-0.05, 0) is 30.7 Å². The Hall–Kier alpha value is -1.12. The number of aliphatic hydroxyl groups excluding tert-OH is 1. The molecule has 108 valence electrons. The Balaban J connectivity index is 3.18. The second-order valence-corrected chi connectivity index (χ2v) is 5.79.